The minimum absolute atomic E-state index is 0.494. The molecule has 0 aliphatic heterocycles. The molecule has 0 fully saturated rings. The topological polar surface area (TPSA) is 35.5 Å². The summed E-state index contributed by atoms with van der Waals surface area (Å²) >= 11 is 0. The van der Waals surface area contributed by atoms with Crippen LogP contribution in [0.3, 0.4) is 0 Å². The maximum absolute atomic E-state index is 10.6. The molecule has 0 amide bonds. The highest BCUT2D eigenvalue weighted by Crippen LogP contribution is 1.94. The van der Waals surface area contributed by atoms with Crippen molar-refractivity contribution in [1.29, 1.82) is 0 Å². The third kappa shape index (κ3) is 8.79. The van der Waals surface area contributed by atoms with Crippen LogP contribution >= 0.6 is 0 Å². The molecule has 0 saturated heterocycles. The molecule has 0 N–H and O–H groups in total. The lowest BCUT2D eigenvalue weighted by molar-refractivity contribution is -0.133. The van der Waals surface area contributed by atoms with Gasteiger partial charge in [0, 0.05) is 18.9 Å². The fourth-order valence-corrected chi connectivity index (χ4v) is 0.711. The van der Waals surface area contributed by atoms with E-state index < -0.39 is 5.97 Å². The van der Waals surface area contributed by atoms with Crippen molar-refractivity contribution in [3.05, 3.63) is 24.8 Å². The lowest BCUT2D eigenvalue weighted by Crippen LogP contribution is -1.98. The van der Waals surface area contributed by atoms with Crippen molar-refractivity contribution in [2.24, 2.45) is 0 Å². The van der Waals surface area contributed by atoms with Crippen LogP contribution in [0.2, 0.25) is 0 Å². The van der Waals surface area contributed by atoms with Crippen LogP contribution in [0.5, 0.6) is 0 Å². The average molecular weight is 208 g/mol. The van der Waals surface area contributed by atoms with Crippen LogP contribution in [0, 0.1) is 11.8 Å². The minimum atomic E-state index is -0.504. The number of hydrogen-bond acceptors (Lipinski definition) is 3. The number of carbonyl (C=O) groups excluding carboxylic acids is 1. The molecule has 0 bridgehead atoms. The molecule has 3 nitrogen and oxygen atoms in total. The number of esters is 1. The summed E-state index contributed by atoms with van der Waals surface area (Å²) < 4.78 is 9.62. The molecule has 0 aromatic heterocycles. The summed E-state index contributed by atoms with van der Waals surface area (Å²) in [5.41, 5.74) is 0.857. The molecule has 0 saturated carbocycles. The predicted molar refractivity (Wildman–Crippen MR) is 59.2 cm³/mol. The molecule has 0 spiro atoms. The largest absolute Gasteiger partial charge is 0.459 e. The van der Waals surface area contributed by atoms with Crippen LogP contribution in [0.25, 0.3) is 0 Å². The van der Waals surface area contributed by atoms with Gasteiger partial charge in [0.15, 0.2) is 0 Å². The lowest BCUT2D eigenvalue weighted by Gasteiger charge is -2.01. The Morgan fingerprint density at radius 3 is 2.87 bits per heavy atom. The molecule has 0 aliphatic carbocycles. The van der Waals surface area contributed by atoms with E-state index in [2.05, 4.69) is 29.7 Å². The van der Waals surface area contributed by atoms with Gasteiger partial charge in [-0.15, -0.1) is 0 Å². The van der Waals surface area contributed by atoms with Crippen molar-refractivity contribution >= 4 is 5.97 Å². The lowest BCUT2D eigenvalue weighted by atomic mass is 10.3. The second kappa shape index (κ2) is 9.04. The Kier molecular flexibility index (Phi) is 8.12. The van der Waals surface area contributed by atoms with Crippen LogP contribution in [0.4, 0.5) is 0 Å². The van der Waals surface area contributed by atoms with E-state index in [-0.39, 0.29) is 0 Å². The van der Waals surface area contributed by atoms with Gasteiger partial charge in [0.05, 0.1) is 13.7 Å². The standard InChI is InChI=1S/C12H16O3/c1-4-11(2)10-15-9-7-5-6-8-12(13)14-3/h4H,1-2,5,7,9-10H2,3H3. The number of hydrogen-bond donors (Lipinski definition) is 0. The Balaban J connectivity index is 3.38. The fraction of sp³-hybridized carbons (Fsp3) is 0.417. The number of carbonyl (C=O) groups is 1. The second-order valence-electron chi connectivity index (χ2n) is 2.81. The normalized spacial score (nSPS) is 8.60. The van der Waals surface area contributed by atoms with Crippen LogP contribution in [0.1, 0.15) is 12.8 Å². The van der Waals surface area contributed by atoms with E-state index >= 15 is 0 Å². The monoisotopic (exact) mass is 208 g/mol. The zero-order chi connectivity index (χ0) is 11.5. The number of ether oxygens (including phenoxy) is 2. The van der Waals surface area contributed by atoms with E-state index in [0.717, 1.165) is 12.0 Å². The van der Waals surface area contributed by atoms with Crippen molar-refractivity contribution in [2.45, 2.75) is 12.8 Å². The maximum atomic E-state index is 10.6. The summed E-state index contributed by atoms with van der Waals surface area (Å²) in [6, 6.07) is 0. The second-order valence-corrected chi connectivity index (χ2v) is 2.81. The van der Waals surface area contributed by atoms with Crippen LogP contribution < -0.4 is 0 Å². The van der Waals surface area contributed by atoms with E-state index in [4.69, 9.17) is 4.74 Å². The van der Waals surface area contributed by atoms with Gasteiger partial charge in [0.25, 0.3) is 0 Å². The Morgan fingerprint density at radius 1 is 1.53 bits per heavy atom. The van der Waals surface area contributed by atoms with E-state index in [9.17, 15) is 4.79 Å². The highest BCUT2D eigenvalue weighted by Gasteiger charge is 1.90. The van der Waals surface area contributed by atoms with Crippen LogP contribution in [-0.2, 0) is 14.3 Å². The van der Waals surface area contributed by atoms with Crippen molar-refractivity contribution in [3.8, 4) is 11.8 Å². The first kappa shape index (κ1) is 13.5. The van der Waals surface area contributed by atoms with Gasteiger partial charge in [-0.3, -0.25) is 0 Å². The van der Waals surface area contributed by atoms with Gasteiger partial charge in [0.1, 0.15) is 0 Å². The number of rotatable bonds is 6. The van der Waals surface area contributed by atoms with Crippen molar-refractivity contribution in [2.75, 3.05) is 20.3 Å². The summed E-state index contributed by atoms with van der Waals surface area (Å²) in [7, 11) is 1.31. The number of unbranched alkanes of at least 4 members (excludes halogenated alkanes) is 1. The molecule has 0 radical (unpaired) electrons. The first-order chi connectivity index (χ1) is 7.20. The van der Waals surface area contributed by atoms with Gasteiger partial charge in [-0.2, -0.15) is 0 Å². The zero-order valence-electron chi connectivity index (χ0n) is 9.04. The zero-order valence-corrected chi connectivity index (χ0v) is 9.04. The molecule has 3 heteroatoms. The molecule has 0 heterocycles. The van der Waals surface area contributed by atoms with E-state index in [1.165, 1.54) is 7.11 Å². The predicted octanol–water partition coefficient (Wildman–Crippen LogP) is 1.70. The first-order valence-corrected chi connectivity index (χ1v) is 4.65. The van der Waals surface area contributed by atoms with E-state index in [0.29, 0.717) is 19.6 Å². The molecule has 0 unspecified atom stereocenters. The Morgan fingerprint density at radius 2 is 2.27 bits per heavy atom. The van der Waals surface area contributed by atoms with Crippen molar-refractivity contribution in [3.63, 3.8) is 0 Å². The molecular weight excluding hydrogens is 192 g/mol. The van der Waals surface area contributed by atoms with Crippen LogP contribution in [0.15, 0.2) is 24.8 Å². The summed E-state index contributed by atoms with van der Waals surface area (Å²) in [6.45, 7) is 8.37. The quantitative estimate of drug-likeness (QED) is 0.219. The van der Waals surface area contributed by atoms with Gasteiger partial charge < -0.3 is 9.47 Å². The Labute approximate surface area is 90.8 Å². The smallest absolute Gasteiger partial charge is 0.384 e. The van der Waals surface area contributed by atoms with Crippen molar-refractivity contribution < 1.29 is 14.3 Å². The fourth-order valence-electron chi connectivity index (χ4n) is 0.711. The van der Waals surface area contributed by atoms with Crippen LogP contribution in [-0.4, -0.2) is 26.3 Å². The third-order valence-electron chi connectivity index (χ3n) is 1.54. The summed E-state index contributed by atoms with van der Waals surface area (Å²) in [5.74, 6) is 4.53. The first-order valence-electron chi connectivity index (χ1n) is 4.65. The molecule has 0 rings (SSSR count). The molecule has 82 valence electrons. The highest BCUT2D eigenvalue weighted by molar-refractivity contribution is 5.88. The van der Waals surface area contributed by atoms with Gasteiger partial charge in [-0.1, -0.05) is 25.2 Å². The van der Waals surface area contributed by atoms with Crippen molar-refractivity contribution in [1.82, 2.24) is 0 Å². The summed E-state index contributed by atoms with van der Waals surface area (Å²) in [6.07, 6.45) is 3.07. The minimum Gasteiger partial charge on any atom is -0.459 e. The SMILES string of the molecule is C=CC(=C)COCCCC#CC(=O)OC. The van der Waals surface area contributed by atoms with Gasteiger partial charge >= 0.3 is 5.97 Å². The Hall–Kier alpha value is -1.53. The molecule has 0 aliphatic rings. The van der Waals surface area contributed by atoms with Gasteiger partial charge in [0.2, 0.25) is 0 Å². The molecule has 0 aromatic carbocycles. The maximum Gasteiger partial charge on any atom is 0.384 e. The average Bonchev–Trinajstić information content (AvgIpc) is 2.26. The third-order valence-corrected chi connectivity index (χ3v) is 1.54. The molecule has 15 heavy (non-hydrogen) atoms. The number of methoxy groups -OCH3 is 1. The van der Waals surface area contributed by atoms with E-state index in [1.54, 1.807) is 6.08 Å². The van der Waals surface area contributed by atoms with Gasteiger partial charge in [-0.05, 0) is 12.0 Å². The van der Waals surface area contributed by atoms with E-state index in [1.807, 2.05) is 0 Å². The summed E-state index contributed by atoms with van der Waals surface area (Å²) in [4.78, 5) is 10.6. The molecule has 0 atom stereocenters. The Bertz CT molecular complexity index is 281. The van der Waals surface area contributed by atoms with Gasteiger partial charge in [-0.25, -0.2) is 4.79 Å². The molecule has 0 aromatic rings. The summed E-state index contributed by atoms with van der Waals surface area (Å²) in [5, 5.41) is 0. The molecular formula is C12H16O3. The highest BCUT2D eigenvalue weighted by atomic mass is 16.5.